The number of carbonyl (C=O) groups excluding carboxylic acids is 1. The van der Waals surface area contributed by atoms with Crippen molar-refractivity contribution >= 4 is 11.6 Å². The number of hydrogen-bond acceptors (Lipinski definition) is 4. The zero-order chi connectivity index (χ0) is 18.0. The second-order valence-electron chi connectivity index (χ2n) is 5.72. The van der Waals surface area contributed by atoms with E-state index in [2.05, 4.69) is 15.6 Å². The molecule has 0 radical (unpaired) electrons. The number of rotatable bonds is 8. The van der Waals surface area contributed by atoms with Crippen molar-refractivity contribution in [3.63, 3.8) is 0 Å². The number of benzene rings is 2. The first kappa shape index (κ1) is 17.5. The van der Waals surface area contributed by atoms with Gasteiger partial charge in [0, 0.05) is 31.0 Å². The van der Waals surface area contributed by atoms with Crippen molar-refractivity contribution in [2.45, 2.75) is 6.42 Å². The molecule has 5 heteroatoms. The van der Waals surface area contributed by atoms with Crippen molar-refractivity contribution in [2.24, 2.45) is 0 Å². The second-order valence-corrected chi connectivity index (χ2v) is 5.72. The Morgan fingerprint density at radius 2 is 1.77 bits per heavy atom. The van der Waals surface area contributed by atoms with Crippen LogP contribution < -0.4 is 15.4 Å². The van der Waals surface area contributed by atoms with E-state index < -0.39 is 0 Å². The summed E-state index contributed by atoms with van der Waals surface area (Å²) in [6.07, 6.45) is 4.33. The number of anilines is 1. The smallest absolute Gasteiger partial charge is 0.251 e. The van der Waals surface area contributed by atoms with E-state index in [9.17, 15) is 4.79 Å². The van der Waals surface area contributed by atoms with E-state index in [-0.39, 0.29) is 5.91 Å². The second kappa shape index (κ2) is 9.22. The van der Waals surface area contributed by atoms with Gasteiger partial charge in [-0.05, 0) is 48.9 Å². The molecule has 0 aliphatic rings. The van der Waals surface area contributed by atoms with Gasteiger partial charge in [0.1, 0.15) is 11.5 Å². The molecule has 1 aromatic heterocycles. The fraction of sp³-hybridized carbons (Fsp3) is 0.143. The van der Waals surface area contributed by atoms with E-state index in [0.29, 0.717) is 17.9 Å². The molecule has 0 atom stereocenters. The Bertz CT molecular complexity index is 823. The Labute approximate surface area is 153 Å². The highest BCUT2D eigenvalue weighted by atomic mass is 16.5. The quantitative estimate of drug-likeness (QED) is 0.602. The van der Waals surface area contributed by atoms with Gasteiger partial charge in [-0.2, -0.15) is 0 Å². The standard InChI is InChI=1S/C21H21N3O2/c25-21(24-14-6-13-23-18-8-5-12-22-16-18)17-7-4-11-20(15-17)26-19-9-2-1-3-10-19/h1-5,7-12,15-16,23H,6,13-14H2,(H,24,25). The Balaban J connectivity index is 1.45. The Morgan fingerprint density at radius 1 is 0.923 bits per heavy atom. The van der Waals surface area contributed by atoms with Crippen LogP contribution in [0, 0.1) is 0 Å². The summed E-state index contributed by atoms with van der Waals surface area (Å²) in [6, 6.07) is 20.5. The summed E-state index contributed by atoms with van der Waals surface area (Å²) in [5.41, 5.74) is 1.56. The van der Waals surface area contributed by atoms with Crippen molar-refractivity contribution in [2.75, 3.05) is 18.4 Å². The van der Waals surface area contributed by atoms with Crippen molar-refractivity contribution in [3.05, 3.63) is 84.7 Å². The average molecular weight is 347 g/mol. The monoisotopic (exact) mass is 347 g/mol. The fourth-order valence-electron chi connectivity index (χ4n) is 2.42. The SMILES string of the molecule is O=C(NCCCNc1cccnc1)c1cccc(Oc2ccccc2)c1. The number of ether oxygens (including phenoxy) is 1. The molecule has 2 aromatic carbocycles. The maximum atomic E-state index is 12.3. The van der Waals surface area contributed by atoms with Gasteiger partial charge in [0.2, 0.25) is 0 Å². The molecule has 1 amide bonds. The zero-order valence-electron chi connectivity index (χ0n) is 14.4. The van der Waals surface area contributed by atoms with Crippen LogP contribution in [0.3, 0.4) is 0 Å². The van der Waals surface area contributed by atoms with E-state index in [4.69, 9.17) is 4.74 Å². The number of carbonyl (C=O) groups is 1. The third kappa shape index (κ3) is 5.34. The van der Waals surface area contributed by atoms with Crippen molar-refractivity contribution in [1.82, 2.24) is 10.3 Å². The molecule has 5 nitrogen and oxygen atoms in total. The lowest BCUT2D eigenvalue weighted by atomic mass is 10.2. The maximum absolute atomic E-state index is 12.3. The first-order valence-corrected chi connectivity index (χ1v) is 8.56. The first-order chi connectivity index (χ1) is 12.8. The molecule has 3 aromatic rings. The van der Waals surface area contributed by atoms with Gasteiger partial charge >= 0.3 is 0 Å². The molecule has 1 heterocycles. The minimum atomic E-state index is -0.107. The van der Waals surface area contributed by atoms with E-state index in [1.54, 1.807) is 24.5 Å². The van der Waals surface area contributed by atoms with Crippen molar-refractivity contribution in [3.8, 4) is 11.5 Å². The lowest BCUT2D eigenvalue weighted by Gasteiger charge is -2.09. The van der Waals surface area contributed by atoms with Gasteiger partial charge in [-0.25, -0.2) is 0 Å². The van der Waals surface area contributed by atoms with Gasteiger partial charge < -0.3 is 15.4 Å². The number of aromatic nitrogens is 1. The van der Waals surface area contributed by atoms with E-state index in [0.717, 1.165) is 24.4 Å². The minimum Gasteiger partial charge on any atom is -0.457 e. The third-order valence-electron chi connectivity index (χ3n) is 3.70. The number of hydrogen-bond donors (Lipinski definition) is 2. The highest BCUT2D eigenvalue weighted by molar-refractivity contribution is 5.94. The number of nitrogens with zero attached hydrogens (tertiary/aromatic N) is 1. The summed E-state index contributed by atoms with van der Waals surface area (Å²) in [5, 5.41) is 6.19. The third-order valence-corrected chi connectivity index (χ3v) is 3.70. The van der Waals surface area contributed by atoms with Crippen LogP contribution in [0.1, 0.15) is 16.8 Å². The van der Waals surface area contributed by atoms with Crippen LogP contribution in [0.4, 0.5) is 5.69 Å². The summed E-state index contributed by atoms with van der Waals surface area (Å²) in [5.74, 6) is 1.28. The topological polar surface area (TPSA) is 63.2 Å². The molecule has 0 unspecified atom stereocenters. The normalized spacial score (nSPS) is 10.2. The maximum Gasteiger partial charge on any atom is 0.251 e. The lowest BCUT2D eigenvalue weighted by Crippen LogP contribution is -2.25. The summed E-state index contributed by atoms with van der Waals surface area (Å²) < 4.78 is 5.77. The van der Waals surface area contributed by atoms with E-state index >= 15 is 0 Å². The van der Waals surface area contributed by atoms with Crippen LogP contribution in [-0.2, 0) is 0 Å². The summed E-state index contributed by atoms with van der Waals surface area (Å²) in [6.45, 7) is 1.36. The number of pyridine rings is 1. The summed E-state index contributed by atoms with van der Waals surface area (Å²) in [7, 11) is 0. The summed E-state index contributed by atoms with van der Waals surface area (Å²) >= 11 is 0. The van der Waals surface area contributed by atoms with Crippen LogP contribution in [0.15, 0.2) is 79.1 Å². The molecule has 26 heavy (non-hydrogen) atoms. The minimum absolute atomic E-state index is 0.107. The molecular weight excluding hydrogens is 326 g/mol. The van der Waals surface area contributed by atoms with Crippen LogP contribution in [0.25, 0.3) is 0 Å². The van der Waals surface area contributed by atoms with Crippen molar-refractivity contribution in [1.29, 1.82) is 0 Å². The van der Waals surface area contributed by atoms with Crippen LogP contribution >= 0.6 is 0 Å². The lowest BCUT2D eigenvalue weighted by molar-refractivity contribution is 0.0953. The van der Waals surface area contributed by atoms with Crippen molar-refractivity contribution < 1.29 is 9.53 Å². The van der Waals surface area contributed by atoms with Crippen LogP contribution in [0.2, 0.25) is 0 Å². The molecule has 0 spiro atoms. The highest BCUT2D eigenvalue weighted by Gasteiger charge is 2.06. The predicted octanol–water partition coefficient (Wildman–Crippen LogP) is 4.11. The Hall–Kier alpha value is -3.34. The number of nitrogens with one attached hydrogen (secondary N) is 2. The number of para-hydroxylation sites is 1. The molecule has 0 saturated carbocycles. The van der Waals surface area contributed by atoms with Gasteiger partial charge in [0.15, 0.2) is 0 Å². The fourth-order valence-corrected chi connectivity index (χ4v) is 2.42. The highest BCUT2D eigenvalue weighted by Crippen LogP contribution is 2.21. The van der Waals surface area contributed by atoms with Gasteiger partial charge in [-0.1, -0.05) is 24.3 Å². The van der Waals surface area contributed by atoms with Gasteiger partial charge in [0.05, 0.1) is 5.69 Å². The molecular formula is C21H21N3O2. The van der Waals surface area contributed by atoms with E-state index in [1.807, 2.05) is 54.6 Å². The largest absolute Gasteiger partial charge is 0.457 e. The van der Waals surface area contributed by atoms with Gasteiger partial charge in [-0.15, -0.1) is 0 Å². The van der Waals surface area contributed by atoms with Crippen LogP contribution in [0.5, 0.6) is 11.5 Å². The Kier molecular flexibility index (Phi) is 6.20. The van der Waals surface area contributed by atoms with E-state index in [1.165, 1.54) is 0 Å². The average Bonchev–Trinajstić information content (AvgIpc) is 2.69. The molecule has 0 aliphatic carbocycles. The first-order valence-electron chi connectivity index (χ1n) is 8.56. The zero-order valence-corrected chi connectivity index (χ0v) is 14.4. The molecule has 132 valence electrons. The molecule has 2 N–H and O–H groups in total. The van der Waals surface area contributed by atoms with Gasteiger partial charge in [-0.3, -0.25) is 9.78 Å². The predicted molar refractivity (Wildman–Crippen MR) is 103 cm³/mol. The number of amides is 1. The molecule has 0 fully saturated rings. The summed E-state index contributed by atoms with van der Waals surface area (Å²) in [4.78, 5) is 16.3. The van der Waals surface area contributed by atoms with Gasteiger partial charge in [0.25, 0.3) is 5.91 Å². The molecule has 3 rings (SSSR count). The Morgan fingerprint density at radius 3 is 2.58 bits per heavy atom. The molecule has 0 aliphatic heterocycles. The molecule has 0 bridgehead atoms. The molecule has 0 saturated heterocycles. The van der Waals surface area contributed by atoms with Crippen LogP contribution in [-0.4, -0.2) is 24.0 Å².